The number of rotatable bonds is 7. The van der Waals surface area contributed by atoms with Gasteiger partial charge in [-0.15, -0.1) is 10.2 Å². The molecule has 0 bridgehead atoms. The lowest BCUT2D eigenvalue weighted by Gasteiger charge is -2.33. The van der Waals surface area contributed by atoms with Gasteiger partial charge in [-0.2, -0.15) is 18.3 Å². The summed E-state index contributed by atoms with van der Waals surface area (Å²) in [5, 5.41) is 19.7. The molecular formula is C27H30F3N7O. The average molecular weight is 526 g/mol. The van der Waals surface area contributed by atoms with E-state index in [1.807, 2.05) is 36.7 Å². The van der Waals surface area contributed by atoms with E-state index in [0.717, 1.165) is 42.3 Å². The molecule has 3 atom stereocenters. The Bertz CT molecular complexity index is 1440. The highest BCUT2D eigenvalue weighted by Crippen LogP contribution is 2.44. The molecular weight excluding hydrogens is 495 g/mol. The maximum Gasteiger partial charge on any atom is 0.433 e. The van der Waals surface area contributed by atoms with Gasteiger partial charge < -0.3 is 14.6 Å². The zero-order chi connectivity index (χ0) is 26.4. The fraction of sp³-hybridized carbons (Fsp3) is 0.481. The molecule has 1 saturated carbocycles. The number of H-pyrrole nitrogens is 1. The van der Waals surface area contributed by atoms with Crippen molar-refractivity contribution >= 4 is 10.9 Å². The molecule has 0 spiro atoms. The van der Waals surface area contributed by atoms with Crippen LogP contribution in [0.4, 0.5) is 13.2 Å². The van der Waals surface area contributed by atoms with E-state index in [9.17, 15) is 13.2 Å². The van der Waals surface area contributed by atoms with Crippen molar-refractivity contribution in [1.82, 2.24) is 35.3 Å². The first kappa shape index (κ1) is 25.0. The van der Waals surface area contributed by atoms with Gasteiger partial charge in [-0.25, -0.2) is 4.98 Å². The first-order valence-electron chi connectivity index (χ1n) is 13.0. The first-order chi connectivity index (χ1) is 18.3. The van der Waals surface area contributed by atoms with Crippen LogP contribution in [0.2, 0.25) is 0 Å². The Labute approximate surface area is 218 Å². The SMILES string of the molecule is CC(NC1CCOC1)c1nc(C(F)(F)F)cc2c(-c3cccc(C(c4nncn4C)C4CCC4)c3)n[nH]c12. The van der Waals surface area contributed by atoms with Crippen molar-refractivity contribution in [2.24, 2.45) is 13.0 Å². The Hall–Kier alpha value is -3.31. The summed E-state index contributed by atoms with van der Waals surface area (Å²) in [6.45, 7) is 2.99. The molecule has 3 unspecified atom stereocenters. The Kier molecular flexibility index (Phi) is 6.43. The Morgan fingerprint density at radius 3 is 2.68 bits per heavy atom. The fourth-order valence-corrected chi connectivity index (χ4v) is 5.68. The number of benzene rings is 1. The maximum absolute atomic E-state index is 14.0. The minimum Gasteiger partial charge on any atom is -0.380 e. The quantitative estimate of drug-likeness (QED) is 0.347. The summed E-state index contributed by atoms with van der Waals surface area (Å²) in [4.78, 5) is 4.03. The second-order valence-electron chi connectivity index (χ2n) is 10.4. The van der Waals surface area contributed by atoms with Gasteiger partial charge in [-0.3, -0.25) is 5.10 Å². The van der Waals surface area contributed by atoms with Gasteiger partial charge in [0.1, 0.15) is 23.5 Å². The molecule has 2 fully saturated rings. The van der Waals surface area contributed by atoms with E-state index >= 15 is 0 Å². The zero-order valence-electron chi connectivity index (χ0n) is 21.3. The summed E-state index contributed by atoms with van der Waals surface area (Å²) in [6, 6.07) is 8.65. The van der Waals surface area contributed by atoms with E-state index in [4.69, 9.17) is 4.74 Å². The Morgan fingerprint density at radius 2 is 2.03 bits per heavy atom. The van der Waals surface area contributed by atoms with Crippen molar-refractivity contribution in [1.29, 1.82) is 0 Å². The number of nitrogens with one attached hydrogen (secondary N) is 2. The number of hydrogen-bond acceptors (Lipinski definition) is 6. The molecule has 4 heterocycles. The average Bonchev–Trinajstić information content (AvgIpc) is 3.61. The minimum atomic E-state index is -4.59. The number of alkyl halides is 3. The van der Waals surface area contributed by atoms with Crippen LogP contribution in [-0.2, 0) is 18.0 Å². The topological polar surface area (TPSA) is 93.5 Å². The molecule has 6 rings (SSSR count). The van der Waals surface area contributed by atoms with Crippen molar-refractivity contribution in [3.63, 3.8) is 0 Å². The standard InChI is InChI=1S/C27H30F3N7O/c1-15(32-19-9-10-38-13-19)23-25-20(12-21(33-23)27(28,29)30)24(34-35-25)18-8-4-7-17(11-18)22(16-5-3-6-16)26-36-31-14-37(26)2/h4,7-8,11-12,14-16,19,22,32H,3,5-6,9-10,13H2,1-2H3,(H,34,35). The first-order valence-corrected chi connectivity index (χ1v) is 13.0. The molecule has 8 nitrogen and oxygen atoms in total. The van der Waals surface area contributed by atoms with E-state index < -0.39 is 17.9 Å². The number of aromatic nitrogens is 6. The summed E-state index contributed by atoms with van der Waals surface area (Å²) < 4.78 is 49.2. The summed E-state index contributed by atoms with van der Waals surface area (Å²) in [6.07, 6.45) is 1.31. The van der Waals surface area contributed by atoms with E-state index in [2.05, 4.69) is 36.8 Å². The van der Waals surface area contributed by atoms with Crippen LogP contribution in [0.5, 0.6) is 0 Å². The predicted octanol–water partition coefficient (Wildman–Crippen LogP) is 5.14. The fourth-order valence-electron chi connectivity index (χ4n) is 5.68. The molecule has 2 N–H and O–H groups in total. The molecule has 0 radical (unpaired) electrons. The monoisotopic (exact) mass is 525 g/mol. The third-order valence-corrected chi connectivity index (χ3v) is 7.86. The van der Waals surface area contributed by atoms with Crippen LogP contribution in [-0.4, -0.2) is 49.2 Å². The molecule has 11 heteroatoms. The molecule has 0 amide bonds. The number of fused-ring (bicyclic) bond motifs is 1. The molecule has 4 aromatic rings. The summed E-state index contributed by atoms with van der Waals surface area (Å²) >= 11 is 0. The summed E-state index contributed by atoms with van der Waals surface area (Å²) in [5.41, 5.74) is 2.14. The number of nitrogens with zero attached hydrogens (tertiary/aromatic N) is 5. The van der Waals surface area contributed by atoms with Gasteiger partial charge in [0.05, 0.1) is 17.8 Å². The van der Waals surface area contributed by atoms with Crippen LogP contribution >= 0.6 is 0 Å². The molecule has 200 valence electrons. The number of aromatic amines is 1. The molecule has 3 aromatic heterocycles. The Balaban J connectivity index is 1.43. The van der Waals surface area contributed by atoms with Crippen LogP contribution in [0.3, 0.4) is 0 Å². The third-order valence-electron chi connectivity index (χ3n) is 7.86. The van der Waals surface area contributed by atoms with Crippen molar-refractivity contribution < 1.29 is 17.9 Å². The smallest absolute Gasteiger partial charge is 0.380 e. The van der Waals surface area contributed by atoms with Gasteiger partial charge >= 0.3 is 6.18 Å². The number of ether oxygens (including phenoxy) is 1. The van der Waals surface area contributed by atoms with Crippen molar-refractivity contribution in [2.45, 2.75) is 56.8 Å². The lowest BCUT2D eigenvalue weighted by atomic mass is 9.72. The number of aryl methyl sites for hydroxylation is 1. The van der Waals surface area contributed by atoms with Gasteiger partial charge in [0, 0.05) is 42.6 Å². The number of pyridine rings is 1. The van der Waals surface area contributed by atoms with Crippen molar-refractivity contribution in [3.05, 3.63) is 59.4 Å². The van der Waals surface area contributed by atoms with E-state index in [0.29, 0.717) is 41.4 Å². The van der Waals surface area contributed by atoms with Gasteiger partial charge in [-0.05, 0) is 49.8 Å². The zero-order valence-corrected chi connectivity index (χ0v) is 21.3. The van der Waals surface area contributed by atoms with Crippen LogP contribution in [0, 0.1) is 5.92 Å². The van der Waals surface area contributed by atoms with Gasteiger partial charge in [-0.1, -0.05) is 24.6 Å². The normalized spacial score (nSPS) is 20.1. The van der Waals surface area contributed by atoms with Crippen LogP contribution in [0.15, 0.2) is 36.7 Å². The second kappa shape index (κ2) is 9.77. The van der Waals surface area contributed by atoms with E-state index in [1.54, 1.807) is 6.33 Å². The van der Waals surface area contributed by atoms with Gasteiger partial charge in [0.25, 0.3) is 0 Å². The highest BCUT2D eigenvalue weighted by molar-refractivity contribution is 5.94. The molecule has 1 aliphatic heterocycles. The Morgan fingerprint density at radius 1 is 1.18 bits per heavy atom. The van der Waals surface area contributed by atoms with E-state index in [1.165, 1.54) is 6.42 Å². The van der Waals surface area contributed by atoms with Crippen molar-refractivity contribution in [3.8, 4) is 11.3 Å². The van der Waals surface area contributed by atoms with Crippen LogP contribution in [0.1, 0.15) is 67.3 Å². The van der Waals surface area contributed by atoms with Gasteiger partial charge in [0.15, 0.2) is 0 Å². The van der Waals surface area contributed by atoms with Crippen molar-refractivity contribution in [2.75, 3.05) is 13.2 Å². The number of halogens is 3. The van der Waals surface area contributed by atoms with Crippen LogP contribution in [0.25, 0.3) is 22.2 Å². The molecule has 38 heavy (non-hydrogen) atoms. The highest BCUT2D eigenvalue weighted by Gasteiger charge is 2.36. The largest absolute Gasteiger partial charge is 0.433 e. The van der Waals surface area contributed by atoms with Gasteiger partial charge in [0.2, 0.25) is 0 Å². The lowest BCUT2D eigenvalue weighted by Crippen LogP contribution is -2.32. The summed E-state index contributed by atoms with van der Waals surface area (Å²) in [5.74, 6) is 1.39. The molecule has 2 aliphatic rings. The highest BCUT2D eigenvalue weighted by atomic mass is 19.4. The third kappa shape index (κ3) is 4.58. The second-order valence-corrected chi connectivity index (χ2v) is 10.4. The molecule has 1 aromatic carbocycles. The minimum absolute atomic E-state index is 0.0576. The maximum atomic E-state index is 14.0. The van der Waals surface area contributed by atoms with E-state index in [-0.39, 0.29) is 12.0 Å². The predicted molar refractivity (Wildman–Crippen MR) is 135 cm³/mol. The summed E-state index contributed by atoms with van der Waals surface area (Å²) in [7, 11) is 1.94. The number of hydrogen-bond donors (Lipinski definition) is 2. The molecule has 1 saturated heterocycles. The van der Waals surface area contributed by atoms with Crippen LogP contribution < -0.4 is 5.32 Å². The molecule has 1 aliphatic carbocycles. The lowest BCUT2D eigenvalue weighted by molar-refractivity contribution is -0.141.